The Morgan fingerprint density at radius 1 is 1.43 bits per heavy atom. The van der Waals surface area contributed by atoms with Gasteiger partial charge in [0.05, 0.1) is 17.7 Å². The number of hydrogen-bond acceptors (Lipinski definition) is 4. The summed E-state index contributed by atoms with van der Waals surface area (Å²) in [5.41, 5.74) is 3.97. The average Bonchev–Trinajstić information content (AvgIpc) is 3.11. The van der Waals surface area contributed by atoms with E-state index in [0.717, 1.165) is 11.3 Å². The Morgan fingerprint density at radius 2 is 2.24 bits per heavy atom. The quantitative estimate of drug-likeness (QED) is 0.907. The molecule has 21 heavy (non-hydrogen) atoms. The van der Waals surface area contributed by atoms with Crippen LogP contribution in [0.4, 0.5) is 10.5 Å². The first kappa shape index (κ1) is 13.6. The number of carboxylic acid groups (broad SMARTS) is 1. The number of rotatable bonds is 3. The zero-order valence-corrected chi connectivity index (χ0v) is 11.8. The Bertz CT molecular complexity index is 672. The molecule has 0 aliphatic carbocycles. The molecule has 2 aromatic rings. The highest BCUT2D eigenvalue weighted by molar-refractivity contribution is 7.07. The van der Waals surface area contributed by atoms with Crippen molar-refractivity contribution in [3.8, 4) is 0 Å². The fourth-order valence-electron chi connectivity index (χ4n) is 2.41. The van der Waals surface area contributed by atoms with Gasteiger partial charge in [0.1, 0.15) is 6.04 Å². The first-order chi connectivity index (χ1) is 10.2. The van der Waals surface area contributed by atoms with Crippen LogP contribution in [0.2, 0.25) is 0 Å². The second-order valence-electron chi connectivity index (χ2n) is 4.70. The molecule has 0 saturated heterocycles. The zero-order valence-electron chi connectivity index (χ0n) is 11.0. The third-order valence-electron chi connectivity index (χ3n) is 3.38. The van der Waals surface area contributed by atoms with Crippen LogP contribution in [0.15, 0.2) is 35.2 Å². The number of anilines is 1. The number of fused-ring (bicyclic) bond motifs is 1. The molecule has 2 heterocycles. The van der Waals surface area contributed by atoms with E-state index in [-0.39, 0.29) is 6.54 Å². The molecule has 1 aliphatic heterocycles. The summed E-state index contributed by atoms with van der Waals surface area (Å²) >= 11 is 1.45. The topological polar surface area (TPSA) is 82.5 Å². The highest BCUT2D eigenvalue weighted by atomic mass is 32.1. The fraction of sp³-hybridized carbons (Fsp3) is 0.214. The third kappa shape index (κ3) is 2.59. The first-order valence-electron chi connectivity index (χ1n) is 6.41. The number of para-hydroxylation sites is 1. The van der Waals surface area contributed by atoms with Gasteiger partial charge < -0.3 is 10.4 Å². The van der Waals surface area contributed by atoms with Gasteiger partial charge in [-0.25, -0.2) is 14.6 Å². The van der Waals surface area contributed by atoms with Gasteiger partial charge in [0.2, 0.25) is 0 Å². The van der Waals surface area contributed by atoms with Crippen molar-refractivity contribution in [2.24, 2.45) is 0 Å². The fourth-order valence-corrected chi connectivity index (χ4v) is 2.97. The number of carbonyl (C=O) groups excluding carboxylic acids is 1. The molecule has 7 heteroatoms. The molecule has 1 aromatic heterocycles. The summed E-state index contributed by atoms with van der Waals surface area (Å²) in [5.74, 6) is -1.00. The Labute approximate surface area is 125 Å². The number of aromatic nitrogens is 1. The number of carbonyl (C=O) groups is 2. The molecule has 0 saturated carbocycles. The number of hydrogen-bond donors (Lipinski definition) is 2. The van der Waals surface area contributed by atoms with Gasteiger partial charge in [-0.05, 0) is 11.6 Å². The largest absolute Gasteiger partial charge is 0.480 e. The number of nitrogens with one attached hydrogen (secondary N) is 1. The molecule has 6 nitrogen and oxygen atoms in total. The maximum absolute atomic E-state index is 12.3. The normalized spacial score (nSPS) is 16.6. The van der Waals surface area contributed by atoms with Crippen molar-refractivity contribution in [2.75, 3.05) is 4.90 Å². The molecule has 1 atom stereocenters. The van der Waals surface area contributed by atoms with E-state index in [1.165, 1.54) is 16.2 Å². The van der Waals surface area contributed by atoms with E-state index in [2.05, 4.69) is 10.3 Å². The SMILES string of the molecule is O=C(O)C1Cc2ccccc2N1C(=O)NCc1cscn1. The summed E-state index contributed by atoms with van der Waals surface area (Å²) < 4.78 is 0. The van der Waals surface area contributed by atoms with Gasteiger partial charge in [-0.3, -0.25) is 4.90 Å². The molecular formula is C14H13N3O3S. The maximum Gasteiger partial charge on any atom is 0.327 e. The molecule has 0 radical (unpaired) electrons. The van der Waals surface area contributed by atoms with Crippen LogP contribution < -0.4 is 10.2 Å². The van der Waals surface area contributed by atoms with E-state index in [1.807, 2.05) is 17.5 Å². The van der Waals surface area contributed by atoms with E-state index < -0.39 is 18.0 Å². The van der Waals surface area contributed by atoms with Crippen molar-refractivity contribution >= 4 is 29.0 Å². The van der Waals surface area contributed by atoms with Gasteiger partial charge in [0.15, 0.2) is 0 Å². The van der Waals surface area contributed by atoms with Crippen molar-refractivity contribution in [3.63, 3.8) is 0 Å². The molecule has 2 N–H and O–H groups in total. The molecule has 1 unspecified atom stereocenters. The summed E-state index contributed by atoms with van der Waals surface area (Å²) in [6.45, 7) is 0.285. The minimum atomic E-state index is -1.00. The average molecular weight is 303 g/mol. The Morgan fingerprint density at radius 3 is 2.95 bits per heavy atom. The molecule has 1 aliphatic rings. The second kappa shape index (κ2) is 5.53. The minimum Gasteiger partial charge on any atom is -0.480 e. The van der Waals surface area contributed by atoms with E-state index in [0.29, 0.717) is 12.1 Å². The van der Waals surface area contributed by atoms with Gasteiger partial charge in [-0.2, -0.15) is 0 Å². The summed E-state index contributed by atoms with van der Waals surface area (Å²) in [6.07, 6.45) is 0.329. The first-order valence-corrected chi connectivity index (χ1v) is 7.36. The summed E-state index contributed by atoms with van der Waals surface area (Å²) in [4.78, 5) is 29.1. The molecule has 1 aromatic carbocycles. The van der Waals surface area contributed by atoms with Crippen LogP contribution in [-0.2, 0) is 17.8 Å². The summed E-state index contributed by atoms with van der Waals surface area (Å²) in [7, 11) is 0. The smallest absolute Gasteiger partial charge is 0.327 e. The molecular weight excluding hydrogens is 290 g/mol. The lowest BCUT2D eigenvalue weighted by atomic mass is 10.1. The molecule has 3 rings (SSSR count). The van der Waals surface area contributed by atoms with Crippen LogP contribution in [0.25, 0.3) is 0 Å². The lowest BCUT2D eigenvalue weighted by Gasteiger charge is -2.22. The predicted octanol–water partition coefficient (Wildman–Crippen LogP) is 1.87. The molecule has 0 fully saturated rings. The minimum absolute atomic E-state index is 0.285. The number of amides is 2. The number of aliphatic carboxylic acids is 1. The maximum atomic E-state index is 12.3. The Hall–Kier alpha value is -2.41. The number of benzene rings is 1. The monoisotopic (exact) mass is 303 g/mol. The highest BCUT2D eigenvalue weighted by Crippen LogP contribution is 2.32. The van der Waals surface area contributed by atoms with Crippen molar-refractivity contribution in [1.29, 1.82) is 0 Å². The van der Waals surface area contributed by atoms with E-state index in [4.69, 9.17) is 0 Å². The number of thiazole rings is 1. The van der Waals surface area contributed by atoms with E-state index in [9.17, 15) is 14.7 Å². The van der Waals surface area contributed by atoms with Crippen molar-refractivity contribution in [3.05, 3.63) is 46.4 Å². The molecule has 0 bridgehead atoms. The lowest BCUT2D eigenvalue weighted by molar-refractivity contribution is -0.138. The summed E-state index contributed by atoms with van der Waals surface area (Å²) in [6, 6.07) is 5.97. The third-order valence-corrected chi connectivity index (χ3v) is 4.02. The Kier molecular flexibility index (Phi) is 3.57. The lowest BCUT2D eigenvalue weighted by Crippen LogP contribution is -2.47. The number of carboxylic acids is 1. The molecule has 108 valence electrons. The van der Waals surface area contributed by atoms with Crippen molar-refractivity contribution < 1.29 is 14.7 Å². The number of urea groups is 1. The van der Waals surface area contributed by atoms with Crippen LogP contribution in [0.5, 0.6) is 0 Å². The van der Waals surface area contributed by atoms with Gasteiger partial charge in [-0.15, -0.1) is 11.3 Å². The van der Waals surface area contributed by atoms with Crippen molar-refractivity contribution in [2.45, 2.75) is 19.0 Å². The van der Waals surface area contributed by atoms with E-state index in [1.54, 1.807) is 17.6 Å². The van der Waals surface area contributed by atoms with Crippen molar-refractivity contribution in [1.82, 2.24) is 10.3 Å². The Balaban J connectivity index is 1.80. The molecule has 2 amide bonds. The standard InChI is InChI=1S/C14H13N3O3S/c18-13(19)12-5-9-3-1-2-4-11(9)17(12)14(20)15-6-10-7-21-8-16-10/h1-4,7-8,12H,5-6H2,(H,15,20)(H,18,19). The van der Waals surface area contributed by atoms with Crippen LogP contribution in [0.1, 0.15) is 11.3 Å². The summed E-state index contributed by atoms with van der Waals surface area (Å²) in [5, 5.41) is 13.9. The zero-order chi connectivity index (χ0) is 14.8. The van der Waals surface area contributed by atoms with Crippen LogP contribution in [0.3, 0.4) is 0 Å². The predicted molar refractivity (Wildman–Crippen MR) is 78.4 cm³/mol. The number of nitrogens with zero attached hydrogens (tertiary/aromatic N) is 2. The molecule has 0 spiro atoms. The van der Waals surface area contributed by atoms with Crippen LogP contribution in [-0.4, -0.2) is 28.1 Å². The van der Waals surface area contributed by atoms with Crippen LogP contribution in [0, 0.1) is 0 Å². The highest BCUT2D eigenvalue weighted by Gasteiger charge is 2.38. The van der Waals surface area contributed by atoms with Gasteiger partial charge in [0, 0.05) is 17.5 Å². The van der Waals surface area contributed by atoms with Gasteiger partial charge in [0.25, 0.3) is 0 Å². The van der Waals surface area contributed by atoms with Crippen LogP contribution >= 0.6 is 11.3 Å². The van der Waals surface area contributed by atoms with E-state index >= 15 is 0 Å². The van der Waals surface area contributed by atoms with Gasteiger partial charge >= 0.3 is 12.0 Å². The van der Waals surface area contributed by atoms with Gasteiger partial charge in [-0.1, -0.05) is 18.2 Å². The second-order valence-corrected chi connectivity index (χ2v) is 5.41.